The van der Waals surface area contributed by atoms with E-state index >= 15 is 0 Å². The van der Waals surface area contributed by atoms with Crippen LogP contribution in [0, 0.1) is 0 Å². The molecule has 9 heteroatoms. The van der Waals surface area contributed by atoms with Gasteiger partial charge in [-0.15, -0.1) is 35.3 Å². The first-order valence-corrected chi connectivity index (χ1v) is 11.5. The molecule has 0 radical (unpaired) electrons. The molecule has 1 aliphatic heterocycles. The van der Waals surface area contributed by atoms with Gasteiger partial charge >= 0.3 is 6.09 Å². The maximum Gasteiger partial charge on any atom is 0.410 e. The van der Waals surface area contributed by atoms with E-state index in [1.807, 2.05) is 25.7 Å². The third-order valence-electron chi connectivity index (χ3n) is 5.14. The van der Waals surface area contributed by atoms with Gasteiger partial charge in [-0.2, -0.15) is 0 Å². The summed E-state index contributed by atoms with van der Waals surface area (Å²) in [4.78, 5) is 21.1. The summed E-state index contributed by atoms with van der Waals surface area (Å²) in [5.41, 5.74) is -0.465. The number of rotatable bonds is 6. The van der Waals surface area contributed by atoms with Gasteiger partial charge < -0.3 is 25.2 Å². The van der Waals surface area contributed by atoms with E-state index in [4.69, 9.17) is 4.74 Å². The molecule has 2 fully saturated rings. The summed E-state index contributed by atoms with van der Waals surface area (Å²) in [5, 5.41) is 10.4. The number of piperidine rings is 1. The maximum atomic E-state index is 12.5. The van der Waals surface area contributed by atoms with Gasteiger partial charge in [0.25, 0.3) is 0 Å². The highest BCUT2D eigenvalue weighted by Crippen LogP contribution is 2.28. The van der Waals surface area contributed by atoms with Crippen molar-refractivity contribution in [3.05, 3.63) is 17.5 Å². The average molecular weight is 550 g/mol. The van der Waals surface area contributed by atoms with E-state index < -0.39 is 5.60 Å². The molecule has 7 nitrogen and oxygen atoms in total. The smallest absolute Gasteiger partial charge is 0.410 e. The number of hydrogen-bond donors (Lipinski definition) is 2. The van der Waals surface area contributed by atoms with Gasteiger partial charge in [-0.1, -0.05) is 0 Å². The molecule has 3 rings (SSSR count). The van der Waals surface area contributed by atoms with Crippen molar-refractivity contribution in [3.8, 4) is 0 Å². The van der Waals surface area contributed by atoms with Gasteiger partial charge in [0, 0.05) is 45.3 Å². The minimum absolute atomic E-state index is 0. The summed E-state index contributed by atoms with van der Waals surface area (Å²) >= 11 is 1.80. The topological polar surface area (TPSA) is 69.2 Å². The van der Waals surface area contributed by atoms with Crippen LogP contribution in [0.4, 0.5) is 9.80 Å². The molecule has 0 spiro atoms. The Bertz CT molecular complexity index is 680. The molecule has 1 aromatic rings. The summed E-state index contributed by atoms with van der Waals surface area (Å²) in [5.74, 6) is 0.805. The monoisotopic (exact) mass is 549 g/mol. The second-order valence-electron chi connectivity index (χ2n) is 8.76. The normalized spacial score (nSPS) is 17.9. The van der Waals surface area contributed by atoms with Gasteiger partial charge in [-0.3, -0.25) is 4.99 Å². The number of carbonyl (C=O) groups is 1. The van der Waals surface area contributed by atoms with Crippen LogP contribution in [-0.4, -0.2) is 67.9 Å². The zero-order valence-electron chi connectivity index (χ0n) is 18.5. The number of nitrogens with zero attached hydrogens (tertiary/aromatic N) is 3. The minimum atomic E-state index is -0.465. The molecule has 2 heterocycles. The molecule has 0 atom stereocenters. The van der Waals surface area contributed by atoms with Crippen molar-refractivity contribution in [2.24, 2.45) is 4.99 Å². The van der Waals surface area contributed by atoms with Crippen LogP contribution >= 0.6 is 35.3 Å². The third kappa shape index (κ3) is 7.79. The number of anilines is 1. The van der Waals surface area contributed by atoms with Crippen LogP contribution in [0.1, 0.15) is 46.5 Å². The van der Waals surface area contributed by atoms with E-state index in [2.05, 4.69) is 38.0 Å². The Hall–Kier alpha value is -1.23. The fourth-order valence-corrected chi connectivity index (χ4v) is 4.29. The summed E-state index contributed by atoms with van der Waals surface area (Å²) in [6.07, 6.45) is 4.09. The molecule has 170 valence electrons. The number of ether oxygens (including phenoxy) is 1. The van der Waals surface area contributed by atoms with E-state index in [9.17, 15) is 4.79 Å². The Morgan fingerprint density at radius 2 is 2.00 bits per heavy atom. The summed E-state index contributed by atoms with van der Waals surface area (Å²) in [7, 11) is 1.79. The van der Waals surface area contributed by atoms with Crippen molar-refractivity contribution in [2.75, 3.05) is 38.1 Å². The van der Waals surface area contributed by atoms with Crippen LogP contribution in [0.3, 0.4) is 0 Å². The fourth-order valence-electron chi connectivity index (χ4n) is 3.51. The molecule has 1 saturated heterocycles. The van der Waals surface area contributed by atoms with Crippen molar-refractivity contribution >= 4 is 52.4 Å². The quantitative estimate of drug-likeness (QED) is 0.320. The number of halogens is 1. The Labute approximate surface area is 201 Å². The average Bonchev–Trinajstić information content (AvgIpc) is 3.35. The number of guanidine groups is 1. The fraction of sp³-hybridized carbons (Fsp3) is 0.714. The predicted molar refractivity (Wildman–Crippen MR) is 135 cm³/mol. The van der Waals surface area contributed by atoms with Crippen molar-refractivity contribution in [1.29, 1.82) is 0 Å². The van der Waals surface area contributed by atoms with E-state index in [-0.39, 0.29) is 30.1 Å². The zero-order chi connectivity index (χ0) is 20.9. The molecule has 1 aromatic heterocycles. The lowest BCUT2D eigenvalue weighted by atomic mass is 10.1. The van der Waals surface area contributed by atoms with Gasteiger partial charge in [0.2, 0.25) is 0 Å². The van der Waals surface area contributed by atoms with Crippen LogP contribution in [0.5, 0.6) is 0 Å². The lowest BCUT2D eigenvalue weighted by molar-refractivity contribution is 0.0238. The minimum Gasteiger partial charge on any atom is -0.444 e. The summed E-state index contributed by atoms with van der Waals surface area (Å²) in [6.45, 7) is 9.12. The molecule has 2 N–H and O–H groups in total. The van der Waals surface area contributed by atoms with Crippen LogP contribution in [-0.2, 0) is 4.74 Å². The number of carbonyl (C=O) groups excluding carboxylic acids is 1. The predicted octanol–water partition coefficient (Wildman–Crippen LogP) is 3.90. The largest absolute Gasteiger partial charge is 0.444 e. The van der Waals surface area contributed by atoms with Crippen LogP contribution in [0.2, 0.25) is 0 Å². The Morgan fingerprint density at radius 3 is 2.53 bits per heavy atom. The molecule has 2 aliphatic rings. The highest BCUT2D eigenvalue weighted by Gasteiger charge is 2.34. The Morgan fingerprint density at radius 1 is 1.30 bits per heavy atom. The first-order chi connectivity index (χ1) is 13.9. The number of thiophene rings is 1. The van der Waals surface area contributed by atoms with E-state index in [0.29, 0.717) is 25.2 Å². The van der Waals surface area contributed by atoms with Crippen LogP contribution < -0.4 is 15.5 Å². The lowest BCUT2D eigenvalue weighted by Gasteiger charge is -2.33. The van der Waals surface area contributed by atoms with Gasteiger partial charge in [-0.05, 0) is 64.0 Å². The van der Waals surface area contributed by atoms with Crippen molar-refractivity contribution < 1.29 is 9.53 Å². The molecule has 30 heavy (non-hydrogen) atoms. The molecule has 0 unspecified atom stereocenters. The first-order valence-electron chi connectivity index (χ1n) is 10.6. The highest BCUT2D eigenvalue weighted by atomic mass is 127. The molecule has 1 amide bonds. The van der Waals surface area contributed by atoms with Crippen LogP contribution in [0.15, 0.2) is 22.5 Å². The van der Waals surface area contributed by atoms with Gasteiger partial charge in [0.1, 0.15) is 5.60 Å². The summed E-state index contributed by atoms with van der Waals surface area (Å²) < 4.78 is 5.56. The van der Waals surface area contributed by atoms with Crippen molar-refractivity contribution in [1.82, 2.24) is 15.5 Å². The van der Waals surface area contributed by atoms with E-state index in [1.54, 1.807) is 18.4 Å². The van der Waals surface area contributed by atoms with E-state index in [1.165, 1.54) is 5.00 Å². The summed E-state index contributed by atoms with van der Waals surface area (Å²) in [6, 6.07) is 5.04. The standard InChI is InChI=1S/C21H35N5O2S.HI/c1-21(2,3)28-20(27)26(17-7-8-17)14-11-23-19(22-4)24-16-9-12-25(13-10-16)18-6-5-15-29-18;/h5-6,15-17H,7-14H2,1-4H3,(H2,22,23,24);1H. The Balaban J connectivity index is 0.00000320. The zero-order valence-corrected chi connectivity index (χ0v) is 21.7. The number of nitrogens with one attached hydrogen (secondary N) is 2. The van der Waals surface area contributed by atoms with Crippen LogP contribution in [0.25, 0.3) is 0 Å². The Kier molecular flexibility index (Phi) is 9.52. The molecular weight excluding hydrogens is 513 g/mol. The van der Waals surface area contributed by atoms with Gasteiger partial charge in [-0.25, -0.2) is 4.79 Å². The van der Waals surface area contributed by atoms with Crippen molar-refractivity contribution in [3.63, 3.8) is 0 Å². The highest BCUT2D eigenvalue weighted by molar-refractivity contribution is 14.0. The molecule has 1 saturated carbocycles. The molecular formula is C21H36IN5O2S. The van der Waals surface area contributed by atoms with Crippen molar-refractivity contribution in [2.45, 2.75) is 64.1 Å². The number of amides is 1. The van der Waals surface area contributed by atoms with E-state index in [0.717, 1.165) is 44.7 Å². The second-order valence-corrected chi connectivity index (χ2v) is 9.69. The van der Waals surface area contributed by atoms with Gasteiger partial charge in [0.05, 0.1) is 5.00 Å². The SMILES string of the molecule is CN=C(NCCN(C(=O)OC(C)(C)C)C1CC1)NC1CCN(c2cccs2)CC1.I. The molecule has 0 bridgehead atoms. The second kappa shape index (κ2) is 11.4. The number of hydrogen-bond acceptors (Lipinski definition) is 5. The lowest BCUT2D eigenvalue weighted by Crippen LogP contribution is -2.50. The first kappa shape index (κ1) is 25.0. The van der Waals surface area contributed by atoms with Gasteiger partial charge in [0.15, 0.2) is 5.96 Å². The third-order valence-corrected chi connectivity index (χ3v) is 6.07. The molecule has 0 aromatic carbocycles. The maximum absolute atomic E-state index is 12.5. The number of aliphatic imine (C=N–C) groups is 1. The molecule has 1 aliphatic carbocycles.